The van der Waals surface area contributed by atoms with Gasteiger partial charge in [0.2, 0.25) is 15.9 Å². The van der Waals surface area contributed by atoms with E-state index in [1.807, 2.05) is 43.0 Å². The van der Waals surface area contributed by atoms with Crippen LogP contribution < -0.4 is 4.74 Å². The molecule has 0 spiro atoms. The number of likely N-dealkylation sites (tertiary alicyclic amines) is 1. The Morgan fingerprint density at radius 3 is 2.14 bits per heavy atom. The van der Waals surface area contributed by atoms with E-state index in [-0.39, 0.29) is 11.8 Å². The summed E-state index contributed by atoms with van der Waals surface area (Å²) in [6, 6.07) is 15.4. The molecule has 2 aromatic carbocycles. The van der Waals surface area contributed by atoms with E-state index in [2.05, 4.69) is 12.1 Å². The fourth-order valence-electron chi connectivity index (χ4n) is 5.19. The van der Waals surface area contributed by atoms with Gasteiger partial charge in [-0.2, -0.15) is 4.31 Å². The third kappa shape index (κ3) is 6.44. The second-order valence-electron chi connectivity index (χ2n) is 9.88. The molecule has 0 aromatic heterocycles. The minimum absolute atomic E-state index is 0.0696. The molecule has 0 aliphatic carbocycles. The van der Waals surface area contributed by atoms with E-state index in [4.69, 9.17) is 4.74 Å². The molecule has 2 fully saturated rings. The lowest BCUT2D eigenvalue weighted by Crippen LogP contribution is -2.46. The Labute approximate surface area is 210 Å². The van der Waals surface area contributed by atoms with Crippen LogP contribution in [0.5, 0.6) is 5.75 Å². The van der Waals surface area contributed by atoms with Crippen molar-refractivity contribution in [3.8, 4) is 5.75 Å². The second kappa shape index (κ2) is 11.6. The Hall–Kier alpha value is -2.38. The molecule has 0 bridgehead atoms. The molecule has 190 valence electrons. The van der Waals surface area contributed by atoms with Crippen LogP contribution in [0, 0.1) is 18.8 Å². The van der Waals surface area contributed by atoms with Gasteiger partial charge in [-0.15, -0.1) is 0 Å². The van der Waals surface area contributed by atoms with Crippen molar-refractivity contribution in [3.63, 3.8) is 0 Å². The Morgan fingerprint density at radius 2 is 1.54 bits per heavy atom. The van der Waals surface area contributed by atoms with Crippen molar-refractivity contribution in [3.05, 3.63) is 59.7 Å². The molecule has 6 nitrogen and oxygen atoms in total. The van der Waals surface area contributed by atoms with Crippen molar-refractivity contribution in [2.45, 2.75) is 57.3 Å². The fourth-order valence-corrected chi connectivity index (χ4v) is 6.66. The van der Waals surface area contributed by atoms with E-state index in [0.717, 1.165) is 50.1 Å². The summed E-state index contributed by atoms with van der Waals surface area (Å²) in [5.74, 6) is 1.70. The molecule has 0 unspecified atom stereocenters. The molecule has 35 heavy (non-hydrogen) atoms. The van der Waals surface area contributed by atoms with Crippen molar-refractivity contribution >= 4 is 15.9 Å². The number of nitrogens with zero attached hydrogens (tertiary/aromatic N) is 2. The first kappa shape index (κ1) is 25.7. The van der Waals surface area contributed by atoms with Gasteiger partial charge in [0.15, 0.2) is 0 Å². The average molecular weight is 499 g/mol. The monoisotopic (exact) mass is 498 g/mol. The van der Waals surface area contributed by atoms with Crippen LogP contribution in [0.1, 0.15) is 50.2 Å². The van der Waals surface area contributed by atoms with E-state index < -0.39 is 10.0 Å². The van der Waals surface area contributed by atoms with Crippen LogP contribution in [0.3, 0.4) is 0 Å². The van der Waals surface area contributed by atoms with Crippen LogP contribution in [0.4, 0.5) is 0 Å². The Morgan fingerprint density at radius 1 is 0.914 bits per heavy atom. The predicted octanol–water partition coefficient (Wildman–Crippen LogP) is 4.67. The molecule has 2 heterocycles. The third-order valence-corrected chi connectivity index (χ3v) is 9.38. The van der Waals surface area contributed by atoms with Gasteiger partial charge in [-0.3, -0.25) is 4.79 Å². The van der Waals surface area contributed by atoms with Gasteiger partial charge < -0.3 is 9.64 Å². The highest BCUT2D eigenvalue weighted by Crippen LogP contribution is 2.28. The molecular formula is C28H38N2O4S. The lowest BCUT2D eigenvalue weighted by molar-refractivity contribution is -0.138. The van der Waals surface area contributed by atoms with E-state index in [0.29, 0.717) is 43.4 Å². The summed E-state index contributed by atoms with van der Waals surface area (Å²) in [5.41, 5.74) is 2.37. The summed E-state index contributed by atoms with van der Waals surface area (Å²) >= 11 is 0. The van der Waals surface area contributed by atoms with E-state index >= 15 is 0 Å². The average Bonchev–Trinajstić information content (AvgIpc) is 2.89. The van der Waals surface area contributed by atoms with Gasteiger partial charge in [-0.25, -0.2) is 8.42 Å². The maximum atomic E-state index is 13.1. The van der Waals surface area contributed by atoms with Gasteiger partial charge in [0.05, 0.1) is 11.5 Å². The zero-order valence-corrected chi connectivity index (χ0v) is 21.8. The summed E-state index contributed by atoms with van der Waals surface area (Å²) in [6.45, 7) is 7.06. The van der Waals surface area contributed by atoms with Gasteiger partial charge in [0.1, 0.15) is 5.75 Å². The minimum Gasteiger partial charge on any atom is -0.494 e. The molecule has 0 radical (unpaired) electrons. The smallest absolute Gasteiger partial charge is 0.243 e. The second-order valence-corrected chi connectivity index (χ2v) is 11.8. The quantitative estimate of drug-likeness (QED) is 0.531. The van der Waals surface area contributed by atoms with Crippen molar-refractivity contribution in [1.82, 2.24) is 9.21 Å². The molecule has 2 aliphatic rings. The number of carbonyl (C=O) groups excluding carboxylic acids is 1. The van der Waals surface area contributed by atoms with Crippen LogP contribution in [0.25, 0.3) is 0 Å². The number of hydrogen-bond acceptors (Lipinski definition) is 4. The first-order valence-corrected chi connectivity index (χ1v) is 14.4. The molecule has 1 amide bonds. The van der Waals surface area contributed by atoms with E-state index in [1.165, 1.54) is 9.87 Å². The first-order chi connectivity index (χ1) is 16.9. The molecule has 2 aromatic rings. The maximum absolute atomic E-state index is 13.1. The SMILES string of the molecule is CCOc1ccc(CCC2CCN(C(=O)C3CCN(S(=O)(=O)c4ccc(C)cc4)CC3)CC2)cc1. The third-order valence-electron chi connectivity index (χ3n) is 7.46. The summed E-state index contributed by atoms with van der Waals surface area (Å²) in [4.78, 5) is 15.5. The Kier molecular flexibility index (Phi) is 8.50. The van der Waals surface area contributed by atoms with E-state index in [9.17, 15) is 13.2 Å². The number of ether oxygens (including phenoxy) is 1. The van der Waals surface area contributed by atoms with Crippen molar-refractivity contribution in [2.75, 3.05) is 32.8 Å². The minimum atomic E-state index is -3.49. The standard InChI is InChI=1S/C28H38N2O4S/c1-3-34-26-10-8-23(9-11-26)6-7-24-14-18-29(19-15-24)28(31)25-16-20-30(21-17-25)35(32,33)27-12-4-22(2)5-13-27/h4-5,8-13,24-25H,3,6-7,14-21H2,1-2H3. The zero-order valence-electron chi connectivity index (χ0n) is 21.0. The summed E-state index contributed by atoms with van der Waals surface area (Å²) in [7, 11) is -3.49. The molecule has 4 rings (SSSR count). The van der Waals surface area contributed by atoms with Crippen LogP contribution in [0.15, 0.2) is 53.4 Å². The normalized spacial score (nSPS) is 18.5. The number of sulfonamides is 1. The highest BCUT2D eigenvalue weighted by Gasteiger charge is 2.34. The summed E-state index contributed by atoms with van der Waals surface area (Å²) in [6.07, 6.45) is 5.49. The Balaban J connectivity index is 1.21. The van der Waals surface area contributed by atoms with Gasteiger partial charge in [0.25, 0.3) is 0 Å². The number of amides is 1. The largest absolute Gasteiger partial charge is 0.494 e. The molecule has 7 heteroatoms. The molecule has 2 saturated heterocycles. The van der Waals surface area contributed by atoms with Crippen molar-refractivity contribution in [2.24, 2.45) is 11.8 Å². The number of hydrogen-bond donors (Lipinski definition) is 0. The van der Waals surface area contributed by atoms with Crippen molar-refractivity contribution < 1.29 is 17.9 Å². The summed E-state index contributed by atoms with van der Waals surface area (Å²) in [5, 5.41) is 0. The van der Waals surface area contributed by atoms with Gasteiger partial charge >= 0.3 is 0 Å². The van der Waals surface area contributed by atoms with Gasteiger partial charge in [0, 0.05) is 32.1 Å². The molecule has 2 aliphatic heterocycles. The van der Waals surface area contributed by atoms with E-state index in [1.54, 1.807) is 12.1 Å². The number of piperidine rings is 2. The lowest BCUT2D eigenvalue weighted by atomic mass is 9.89. The molecule has 0 N–H and O–H groups in total. The Bertz CT molecular complexity index is 1070. The molecule has 0 saturated carbocycles. The van der Waals surface area contributed by atoms with Crippen LogP contribution in [0.2, 0.25) is 0 Å². The van der Waals surface area contributed by atoms with Crippen LogP contribution in [-0.2, 0) is 21.2 Å². The number of benzene rings is 2. The maximum Gasteiger partial charge on any atom is 0.243 e. The number of rotatable bonds is 8. The fraction of sp³-hybridized carbons (Fsp3) is 0.536. The van der Waals surface area contributed by atoms with Crippen LogP contribution >= 0.6 is 0 Å². The number of aryl methyl sites for hydroxylation is 2. The van der Waals surface area contributed by atoms with Gasteiger partial charge in [-0.1, -0.05) is 29.8 Å². The predicted molar refractivity (Wildman–Crippen MR) is 138 cm³/mol. The highest BCUT2D eigenvalue weighted by molar-refractivity contribution is 7.89. The highest BCUT2D eigenvalue weighted by atomic mass is 32.2. The molecule has 0 atom stereocenters. The number of carbonyl (C=O) groups is 1. The van der Waals surface area contributed by atoms with Crippen molar-refractivity contribution in [1.29, 1.82) is 0 Å². The first-order valence-electron chi connectivity index (χ1n) is 12.9. The van der Waals surface area contributed by atoms with Crippen LogP contribution in [-0.4, -0.2) is 56.3 Å². The summed E-state index contributed by atoms with van der Waals surface area (Å²) < 4.78 is 32.9. The zero-order chi connectivity index (χ0) is 24.8. The molecular weight excluding hydrogens is 460 g/mol. The lowest BCUT2D eigenvalue weighted by Gasteiger charge is -2.37. The topological polar surface area (TPSA) is 66.9 Å². The van der Waals surface area contributed by atoms with Gasteiger partial charge in [-0.05, 0) is 88.1 Å².